The van der Waals surface area contributed by atoms with E-state index < -0.39 is 12.2 Å². The number of aliphatic hydroxyl groups excluding tert-OH is 1. The van der Waals surface area contributed by atoms with Crippen molar-refractivity contribution in [2.45, 2.75) is 32.0 Å². The molecule has 3 nitrogen and oxygen atoms in total. The lowest BCUT2D eigenvalue weighted by atomic mass is 10.1. The van der Waals surface area contributed by atoms with Crippen LogP contribution in [0, 0.1) is 0 Å². The van der Waals surface area contributed by atoms with Crippen molar-refractivity contribution in [1.29, 1.82) is 0 Å². The van der Waals surface area contributed by atoms with Gasteiger partial charge >= 0.3 is 5.97 Å². The number of esters is 1. The molecule has 1 N–H and O–H groups in total. The van der Waals surface area contributed by atoms with E-state index in [1.165, 1.54) is 0 Å². The fourth-order valence-electron chi connectivity index (χ4n) is 2.19. The van der Waals surface area contributed by atoms with Gasteiger partial charge in [0.05, 0.1) is 0 Å². The smallest absolute Gasteiger partial charge is 0.306 e. The Morgan fingerprint density at radius 3 is 2.45 bits per heavy atom. The van der Waals surface area contributed by atoms with Gasteiger partial charge in [-0.2, -0.15) is 0 Å². The van der Waals surface area contributed by atoms with Crippen LogP contribution in [0.2, 0.25) is 5.02 Å². The summed E-state index contributed by atoms with van der Waals surface area (Å²) in [6.45, 7) is 1.66. The molecule has 0 heterocycles. The van der Waals surface area contributed by atoms with Gasteiger partial charge in [0, 0.05) is 17.0 Å². The van der Waals surface area contributed by atoms with E-state index in [0.717, 1.165) is 5.56 Å². The van der Waals surface area contributed by atoms with Crippen LogP contribution >= 0.6 is 11.6 Å². The highest BCUT2D eigenvalue weighted by molar-refractivity contribution is 6.31. The van der Waals surface area contributed by atoms with E-state index in [9.17, 15) is 9.90 Å². The van der Waals surface area contributed by atoms with Gasteiger partial charge in [0.25, 0.3) is 0 Å². The van der Waals surface area contributed by atoms with E-state index in [1.54, 1.807) is 31.2 Å². The zero-order valence-electron chi connectivity index (χ0n) is 12.4. The van der Waals surface area contributed by atoms with E-state index in [4.69, 9.17) is 16.3 Å². The Kier molecular flexibility index (Phi) is 5.99. The van der Waals surface area contributed by atoms with Crippen LogP contribution in [0.4, 0.5) is 0 Å². The monoisotopic (exact) mass is 318 g/mol. The van der Waals surface area contributed by atoms with Gasteiger partial charge in [0.15, 0.2) is 0 Å². The molecule has 0 radical (unpaired) electrons. The number of ether oxygens (including phenoxy) is 1. The first-order valence-electron chi connectivity index (χ1n) is 7.24. The summed E-state index contributed by atoms with van der Waals surface area (Å²) in [7, 11) is 0. The van der Waals surface area contributed by atoms with Crippen LogP contribution in [0.15, 0.2) is 54.6 Å². The first kappa shape index (κ1) is 16.5. The highest BCUT2D eigenvalue weighted by Crippen LogP contribution is 2.26. The number of carbonyl (C=O) groups excluding carboxylic acids is 1. The third-order valence-electron chi connectivity index (χ3n) is 3.45. The van der Waals surface area contributed by atoms with Crippen molar-refractivity contribution in [2.24, 2.45) is 0 Å². The van der Waals surface area contributed by atoms with Gasteiger partial charge in [-0.3, -0.25) is 4.79 Å². The summed E-state index contributed by atoms with van der Waals surface area (Å²) in [6.07, 6.45) is -0.685. The summed E-state index contributed by atoms with van der Waals surface area (Å²) in [5.74, 6) is -0.331. The number of rotatable bonds is 6. The Hall–Kier alpha value is -1.84. The summed E-state index contributed by atoms with van der Waals surface area (Å²) < 4.78 is 5.30. The highest BCUT2D eigenvalue weighted by Gasteiger charge is 2.22. The minimum absolute atomic E-state index is 0.281. The summed E-state index contributed by atoms with van der Waals surface area (Å²) >= 11 is 6.04. The van der Waals surface area contributed by atoms with Crippen LogP contribution in [0.3, 0.4) is 0 Å². The molecule has 4 heteroatoms. The quantitative estimate of drug-likeness (QED) is 0.821. The molecule has 0 aromatic heterocycles. The predicted molar refractivity (Wildman–Crippen MR) is 86.7 cm³/mol. The topological polar surface area (TPSA) is 46.5 Å². The molecule has 2 aromatic carbocycles. The zero-order chi connectivity index (χ0) is 15.9. The molecule has 2 rings (SSSR count). The van der Waals surface area contributed by atoms with Crippen LogP contribution in [-0.4, -0.2) is 17.2 Å². The number of aliphatic hydroxyl groups is 1. The molecule has 2 aromatic rings. The number of benzene rings is 2. The van der Waals surface area contributed by atoms with Crippen molar-refractivity contribution < 1.29 is 14.6 Å². The summed E-state index contributed by atoms with van der Waals surface area (Å²) in [4.78, 5) is 11.9. The molecule has 0 spiro atoms. The molecule has 0 aliphatic rings. The Balaban J connectivity index is 1.87. The van der Waals surface area contributed by atoms with E-state index in [0.29, 0.717) is 17.0 Å². The lowest BCUT2D eigenvalue weighted by Crippen LogP contribution is -2.23. The molecule has 0 amide bonds. The molecular formula is C18H19ClO3. The Labute approximate surface area is 135 Å². The average molecular weight is 319 g/mol. The Bertz CT molecular complexity index is 613. The number of hydrogen-bond acceptors (Lipinski definition) is 3. The third kappa shape index (κ3) is 4.58. The van der Waals surface area contributed by atoms with Gasteiger partial charge in [-0.05, 0) is 25.0 Å². The fraction of sp³-hybridized carbons (Fsp3) is 0.278. The van der Waals surface area contributed by atoms with Crippen molar-refractivity contribution >= 4 is 17.6 Å². The third-order valence-corrected chi connectivity index (χ3v) is 3.79. The van der Waals surface area contributed by atoms with E-state index in [2.05, 4.69) is 0 Å². The molecule has 0 unspecified atom stereocenters. The maximum Gasteiger partial charge on any atom is 0.306 e. The van der Waals surface area contributed by atoms with Gasteiger partial charge in [-0.15, -0.1) is 0 Å². The van der Waals surface area contributed by atoms with Crippen LogP contribution in [-0.2, 0) is 16.0 Å². The van der Waals surface area contributed by atoms with Crippen molar-refractivity contribution in [2.75, 3.05) is 0 Å². The van der Waals surface area contributed by atoms with E-state index in [-0.39, 0.29) is 12.4 Å². The van der Waals surface area contributed by atoms with Crippen molar-refractivity contribution in [1.82, 2.24) is 0 Å². The molecular weight excluding hydrogens is 300 g/mol. The first-order valence-corrected chi connectivity index (χ1v) is 7.61. The maximum absolute atomic E-state index is 11.9. The molecule has 0 fully saturated rings. The van der Waals surface area contributed by atoms with Gasteiger partial charge in [0.2, 0.25) is 0 Å². The molecule has 0 aliphatic carbocycles. The molecule has 2 atom stereocenters. The lowest BCUT2D eigenvalue weighted by Gasteiger charge is -2.20. The van der Waals surface area contributed by atoms with Crippen molar-refractivity contribution in [3.05, 3.63) is 70.7 Å². The number of aryl methyl sites for hydroxylation is 1. The average Bonchev–Trinajstić information content (AvgIpc) is 2.53. The fourth-order valence-corrected chi connectivity index (χ4v) is 2.44. The van der Waals surface area contributed by atoms with Gasteiger partial charge < -0.3 is 9.84 Å². The number of hydrogen-bond donors (Lipinski definition) is 1. The van der Waals surface area contributed by atoms with Crippen molar-refractivity contribution in [3.63, 3.8) is 0 Å². The van der Waals surface area contributed by atoms with Crippen LogP contribution in [0.5, 0.6) is 0 Å². The second-order valence-electron chi connectivity index (χ2n) is 5.15. The van der Waals surface area contributed by atoms with E-state index >= 15 is 0 Å². The van der Waals surface area contributed by atoms with Crippen LogP contribution in [0.25, 0.3) is 0 Å². The van der Waals surface area contributed by atoms with Crippen molar-refractivity contribution in [3.8, 4) is 0 Å². The molecule has 0 saturated carbocycles. The van der Waals surface area contributed by atoms with E-state index in [1.807, 2.05) is 30.3 Å². The molecule has 116 valence electrons. The summed E-state index contributed by atoms with van der Waals surface area (Å²) in [6, 6.07) is 16.7. The first-order chi connectivity index (χ1) is 10.6. The van der Waals surface area contributed by atoms with Crippen LogP contribution in [0.1, 0.15) is 30.6 Å². The molecule has 0 saturated heterocycles. The lowest BCUT2D eigenvalue weighted by molar-refractivity contribution is -0.153. The minimum Gasteiger partial charge on any atom is -0.460 e. The second-order valence-corrected chi connectivity index (χ2v) is 5.55. The second kappa shape index (κ2) is 7.97. The normalized spacial score (nSPS) is 13.4. The highest BCUT2D eigenvalue weighted by atomic mass is 35.5. The maximum atomic E-state index is 11.9. The Morgan fingerprint density at radius 1 is 1.14 bits per heavy atom. The summed E-state index contributed by atoms with van der Waals surface area (Å²) in [5, 5.41) is 10.7. The van der Waals surface area contributed by atoms with Crippen LogP contribution < -0.4 is 0 Å². The minimum atomic E-state index is -0.936. The zero-order valence-corrected chi connectivity index (χ0v) is 13.2. The molecule has 22 heavy (non-hydrogen) atoms. The Morgan fingerprint density at radius 2 is 1.77 bits per heavy atom. The summed E-state index contributed by atoms with van der Waals surface area (Å²) in [5.41, 5.74) is 1.64. The van der Waals surface area contributed by atoms with Gasteiger partial charge in [-0.25, -0.2) is 0 Å². The predicted octanol–water partition coefficient (Wildman–Crippen LogP) is 3.94. The largest absolute Gasteiger partial charge is 0.460 e. The molecule has 0 bridgehead atoms. The standard InChI is InChI=1S/C18H19ClO3/c1-13(18(21)15-9-5-6-10-16(15)19)22-17(20)12-11-14-7-3-2-4-8-14/h2-10,13,18,21H,11-12H2,1H3/t13-,18+/m0/s1. The number of halogens is 1. The SMILES string of the molecule is C[C@H](OC(=O)CCc1ccccc1)[C@@H](O)c1ccccc1Cl. The van der Waals surface area contributed by atoms with Gasteiger partial charge in [-0.1, -0.05) is 60.1 Å². The van der Waals surface area contributed by atoms with Gasteiger partial charge in [0.1, 0.15) is 12.2 Å². The number of carbonyl (C=O) groups is 1. The molecule has 0 aliphatic heterocycles.